The average molecular weight is 225 g/mol. The molecular formula is C11H19N3S. The Bertz CT molecular complexity index is 322. The molecule has 15 heavy (non-hydrogen) atoms. The van der Waals surface area contributed by atoms with Gasteiger partial charge in [0.05, 0.1) is 5.69 Å². The van der Waals surface area contributed by atoms with Crippen LogP contribution in [0.25, 0.3) is 0 Å². The molecule has 1 aliphatic carbocycles. The molecule has 2 rings (SSSR count). The van der Waals surface area contributed by atoms with Crippen molar-refractivity contribution in [1.82, 2.24) is 10.3 Å². The van der Waals surface area contributed by atoms with E-state index in [1.165, 1.54) is 29.8 Å². The monoisotopic (exact) mass is 225 g/mol. The fourth-order valence-electron chi connectivity index (χ4n) is 2.12. The van der Waals surface area contributed by atoms with Gasteiger partial charge in [0.15, 0.2) is 5.13 Å². The van der Waals surface area contributed by atoms with Gasteiger partial charge in [0.1, 0.15) is 0 Å². The maximum absolute atomic E-state index is 5.72. The van der Waals surface area contributed by atoms with Gasteiger partial charge in [-0.2, -0.15) is 0 Å². The Hall–Kier alpha value is -0.610. The number of fused-ring (bicyclic) bond motifs is 1. The number of hydrogen-bond donors (Lipinski definition) is 2. The number of anilines is 1. The van der Waals surface area contributed by atoms with Crippen molar-refractivity contribution in [2.45, 2.75) is 32.6 Å². The number of aryl methyl sites for hydroxylation is 1. The summed E-state index contributed by atoms with van der Waals surface area (Å²) in [5.41, 5.74) is 6.97. The first-order chi connectivity index (χ1) is 7.29. The van der Waals surface area contributed by atoms with Gasteiger partial charge >= 0.3 is 0 Å². The minimum atomic E-state index is 0.738. The second-order valence-electron chi connectivity index (χ2n) is 4.23. The van der Waals surface area contributed by atoms with E-state index in [2.05, 4.69) is 17.2 Å². The zero-order chi connectivity index (χ0) is 10.7. The Morgan fingerprint density at radius 3 is 3.27 bits per heavy atom. The Morgan fingerprint density at radius 1 is 1.60 bits per heavy atom. The number of thiazole rings is 1. The van der Waals surface area contributed by atoms with Gasteiger partial charge in [-0.3, -0.25) is 0 Å². The first kappa shape index (κ1) is 10.9. The summed E-state index contributed by atoms with van der Waals surface area (Å²) in [6.45, 7) is 4.48. The molecule has 1 atom stereocenters. The lowest BCUT2D eigenvalue weighted by Crippen LogP contribution is -2.27. The summed E-state index contributed by atoms with van der Waals surface area (Å²) in [6, 6.07) is 0. The smallest absolute Gasteiger partial charge is 0.180 e. The van der Waals surface area contributed by atoms with Gasteiger partial charge in [0, 0.05) is 4.88 Å². The lowest BCUT2D eigenvalue weighted by molar-refractivity contribution is 0.426. The average Bonchev–Trinajstić information content (AvgIpc) is 2.57. The first-order valence-corrected chi connectivity index (χ1v) is 6.56. The van der Waals surface area contributed by atoms with E-state index in [9.17, 15) is 0 Å². The van der Waals surface area contributed by atoms with Crippen LogP contribution in [-0.2, 0) is 12.8 Å². The fraction of sp³-hybridized carbons (Fsp3) is 0.727. The van der Waals surface area contributed by atoms with Crippen molar-refractivity contribution in [1.29, 1.82) is 0 Å². The number of rotatable bonds is 4. The third kappa shape index (κ3) is 2.69. The first-order valence-electron chi connectivity index (χ1n) is 5.74. The highest BCUT2D eigenvalue weighted by molar-refractivity contribution is 7.15. The molecule has 1 unspecified atom stereocenters. The number of aromatic nitrogens is 1. The second-order valence-corrected chi connectivity index (χ2v) is 5.35. The molecular weight excluding hydrogens is 206 g/mol. The van der Waals surface area contributed by atoms with Gasteiger partial charge in [-0.1, -0.05) is 6.92 Å². The molecule has 1 aromatic rings. The molecule has 1 aliphatic rings. The summed E-state index contributed by atoms with van der Waals surface area (Å²) < 4.78 is 0. The van der Waals surface area contributed by atoms with Crippen molar-refractivity contribution >= 4 is 16.5 Å². The van der Waals surface area contributed by atoms with E-state index in [-0.39, 0.29) is 0 Å². The third-order valence-corrected chi connectivity index (χ3v) is 3.87. The number of nitrogens with one attached hydrogen (secondary N) is 1. The Labute approximate surface area is 95.1 Å². The van der Waals surface area contributed by atoms with Gasteiger partial charge in [0.2, 0.25) is 0 Å². The molecule has 3 N–H and O–H groups in total. The quantitative estimate of drug-likeness (QED) is 0.769. The molecule has 0 saturated heterocycles. The Kier molecular flexibility index (Phi) is 3.59. The maximum Gasteiger partial charge on any atom is 0.180 e. The van der Waals surface area contributed by atoms with E-state index in [1.54, 1.807) is 11.3 Å². The zero-order valence-electron chi connectivity index (χ0n) is 9.25. The fourth-order valence-corrected chi connectivity index (χ4v) is 3.11. The topological polar surface area (TPSA) is 50.9 Å². The summed E-state index contributed by atoms with van der Waals surface area (Å²) >= 11 is 1.67. The lowest BCUT2D eigenvalue weighted by atomic mass is 9.91. The molecule has 0 aliphatic heterocycles. The van der Waals surface area contributed by atoms with E-state index in [0.29, 0.717) is 0 Å². The van der Waals surface area contributed by atoms with Crippen molar-refractivity contribution in [3.8, 4) is 0 Å². The summed E-state index contributed by atoms with van der Waals surface area (Å²) in [4.78, 5) is 5.78. The standard InChI is InChI=1S/C11H19N3S/c1-2-5-13-7-8-3-4-9-10(6-8)15-11(12)14-9/h8,13H,2-7H2,1H3,(H2,12,14). The summed E-state index contributed by atoms with van der Waals surface area (Å²) in [7, 11) is 0. The van der Waals surface area contributed by atoms with Crippen molar-refractivity contribution in [2.24, 2.45) is 5.92 Å². The molecule has 0 fully saturated rings. The van der Waals surface area contributed by atoms with Crippen LogP contribution in [0.2, 0.25) is 0 Å². The van der Waals surface area contributed by atoms with E-state index in [4.69, 9.17) is 5.73 Å². The molecule has 0 spiro atoms. The highest BCUT2D eigenvalue weighted by Gasteiger charge is 2.21. The number of nitrogens with two attached hydrogens (primary N) is 1. The van der Waals surface area contributed by atoms with Gasteiger partial charge in [-0.05, 0) is 44.7 Å². The zero-order valence-corrected chi connectivity index (χ0v) is 10.1. The molecule has 4 heteroatoms. The van der Waals surface area contributed by atoms with Crippen LogP contribution in [0.3, 0.4) is 0 Å². The molecule has 84 valence electrons. The molecule has 0 saturated carbocycles. The molecule has 3 nitrogen and oxygen atoms in total. The minimum absolute atomic E-state index is 0.738. The number of nitrogens with zero attached hydrogens (tertiary/aromatic N) is 1. The lowest BCUT2D eigenvalue weighted by Gasteiger charge is -2.21. The highest BCUT2D eigenvalue weighted by Crippen LogP contribution is 2.30. The number of hydrogen-bond acceptors (Lipinski definition) is 4. The molecule has 0 bridgehead atoms. The largest absolute Gasteiger partial charge is 0.375 e. The van der Waals surface area contributed by atoms with Crippen LogP contribution < -0.4 is 11.1 Å². The van der Waals surface area contributed by atoms with Crippen molar-refractivity contribution in [3.05, 3.63) is 10.6 Å². The van der Waals surface area contributed by atoms with Crippen LogP contribution in [0.4, 0.5) is 5.13 Å². The second kappa shape index (κ2) is 4.94. The molecule has 0 aromatic carbocycles. The van der Waals surface area contributed by atoms with Crippen LogP contribution in [-0.4, -0.2) is 18.1 Å². The van der Waals surface area contributed by atoms with Gasteiger partial charge in [-0.15, -0.1) is 11.3 Å². The van der Waals surface area contributed by atoms with Crippen LogP contribution in [0.5, 0.6) is 0 Å². The normalized spacial score (nSPS) is 20.2. The van der Waals surface area contributed by atoms with Gasteiger partial charge < -0.3 is 11.1 Å². The third-order valence-electron chi connectivity index (χ3n) is 2.92. The Balaban J connectivity index is 1.88. The van der Waals surface area contributed by atoms with Crippen LogP contribution >= 0.6 is 11.3 Å². The number of nitrogen functional groups attached to an aromatic ring is 1. The summed E-state index contributed by atoms with van der Waals surface area (Å²) in [5.74, 6) is 0.781. The van der Waals surface area contributed by atoms with Crippen LogP contribution in [0.15, 0.2) is 0 Å². The van der Waals surface area contributed by atoms with E-state index in [0.717, 1.165) is 30.6 Å². The van der Waals surface area contributed by atoms with E-state index in [1.807, 2.05) is 0 Å². The van der Waals surface area contributed by atoms with Crippen LogP contribution in [0, 0.1) is 5.92 Å². The van der Waals surface area contributed by atoms with E-state index >= 15 is 0 Å². The van der Waals surface area contributed by atoms with Gasteiger partial charge in [-0.25, -0.2) is 4.98 Å². The maximum atomic E-state index is 5.72. The summed E-state index contributed by atoms with van der Waals surface area (Å²) in [6.07, 6.45) is 4.75. The molecule has 0 amide bonds. The molecule has 1 aromatic heterocycles. The van der Waals surface area contributed by atoms with Crippen LogP contribution in [0.1, 0.15) is 30.3 Å². The molecule has 1 heterocycles. The van der Waals surface area contributed by atoms with E-state index < -0.39 is 0 Å². The van der Waals surface area contributed by atoms with Crippen molar-refractivity contribution in [2.75, 3.05) is 18.8 Å². The minimum Gasteiger partial charge on any atom is -0.375 e. The predicted molar refractivity (Wildman–Crippen MR) is 65.2 cm³/mol. The van der Waals surface area contributed by atoms with Crippen molar-refractivity contribution < 1.29 is 0 Å². The highest BCUT2D eigenvalue weighted by atomic mass is 32.1. The molecule has 0 radical (unpaired) electrons. The summed E-state index contributed by atoms with van der Waals surface area (Å²) in [5, 5.41) is 4.23. The predicted octanol–water partition coefficient (Wildman–Crippen LogP) is 1.83. The Morgan fingerprint density at radius 2 is 2.47 bits per heavy atom. The van der Waals surface area contributed by atoms with Crippen molar-refractivity contribution in [3.63, 3.8) is 0 Å². The SMILES string of the molecule is CCCNCC1CCc2nc(N)sc2C1. The van der Waals surface area contributed by atoms with Gasteiger partial charge in [0.25, 0.3) is 0 Å².